The van der Waals surface area contributed by atoms with Crippen LogP contribution in [0.4, 0.5) is 0 Å². The Labute approximate surface area is 421 Å². The summed E-state index contributed by atoms with van der Waals surface area (Å²) in [5.41, 5.74) is 0. The molecule has 68 heavy (non-hydrogen) atoms. The average molecular weight is 952 g/mol. The van der Waals surface area contributed by atoms with E-state index in [4.69, 9.17) is 14.2 Å². The van der Waals surface area contributed by atoms with Crippen molar-refractivity contribution in [3.05, 3.63) is 60.8 Å². The van der Waals surface area contributed by atoms with Crippen molar-refractivity contribution >= 4 is 17.9 Å². The molecule has 6 nitrogen and oxygen atoms in total. The zero-order valence-electron chi connectivity index (χ0n) is 45.1. The minimum atomic E-state index is -0.790. The van der Waals surface area contributed by atoms with Gasteiger partial charge in [0.25, 0.3) is 0 Å². The Hall–Kier alpha value is -2.89. The smallest absolute Gasteiger partial charge is 0.306 e. The van der Waals surface area contributed by atoms with Gasteiger partial charge in [-0.1, -0.05) is 242 Å². The van der Waals surface area contributed by atoms with E-state index in [0.29, 0.717) is 19.3 Å². The van der Waals surface area contributed by atoms with Crippen LogP contribution in [0.25, 0.3) is 0 Å². The van der Waals surface area contributed by atoms with Crippen LogP contribution >= 0.6 is 0 Å². The van der Waals surface area contributed by atoms with Crippen molar-refractivity contribution in [2.75, 3.05) is 13.2 Å². The monoisotopic (exact) mass is 951 g/mol. The largest absolute Gasteiger partial charge is 0.462 e. The molecule has 1 unspecified atom stereocenters. The third-order valence-corrected chi connectivity index (χ3v) is 12.8. The van der Waals surface area contributed by atoms with Crippen LogP contribution in [0.15, 0.2) is 60.8 Å². The van der Waals surface area contributed by atoms with Gasteiger partial charge in [0.1, 0.15) is 13.2 Å². The quantitative estimate of drug-likeness (QED) is 0.0199. The molecule has 394 valence electrons. The second kappa shape index (κ2) is 56.7. The number of hydrogen-bond donors (Lipinski definition) is 0. The third kappa shape index (κ3) is 54.1. The maximum atomic E-state index is 12.9. The minimum absolute atomic E-state index is 0.0861. The maximum Gasteiger partial charge on any atom is 0.306 e. The molecule has 0 bridgehead atoms. The van der Waals surface area contributed by atoms with Gasteiger partial charge in [-0.15, -0.1) is 0 Å². The summed E-state index contributed by atoms with van der Waals surface area (Å²) in [4.78, 5) is 38.1. The van der Waals surface area contributed by atoms with Crippen LogP contribution in [0.3, 0.4) is 0 Å². The highest BCUT2D eigenvalue weighted by Crippen LogP contribution is 2.15. The zero-order chi connectivity index (χ0) is 49.3. The third-order valence-electron chi connectivity index (χ3n) is 12.8. The van der Waals surface area contributed by atoms with E-state index in [1.54, 1.807) is 0 Å². The van der Waals surface area contributed by atoms with E-state index >= 15 is 0 Å². The molecule has 0 aliphatic carbocycles. The Kier molecular flexibility index (Phi) is 54.3. The van der Waals surface area contributed by atoms with Crippen molar-refractivity contribution in [1.29, 1.82) is 0 Å². The van der Waals surface area contributed by atoms with Crippen molar-refractivity contribution in [3.63, 3.8) is 0 Å². The molecular weight excluding hydrogens is 841 g/mol. The normalized spacial score (nSPS) is 12.5. The molecule has 0 aliphatic heterocycles. The summed E-state index contributed by atoms with van der Waals surface area (Å²) in [7, 11) is 0. The van der Waals surface area contributed by atoms with E-state index in [0.717, 1.165) is 89.9 Å². The van der Waals surface area contributed by atoms with Crippen molar-refractivity contribution in [2.45, 2.75) is 303 Å². The second-order valence-electron chi connectivity index (χ2n) is 19.6. The summed E-state index contributed by atoms with van der Waals surface area (Å²) in [5, 5.41) is 0. The lowest BCUT2D eigenvalue weighted by molar-refractivity contribution is -0.167. The average Bonchev–Trinajstić information content (AvgIpc) is 3.34. The topological polar surface area (TPSA) is 78.9 Å². The molecule has 0 saturated heterocycles. The lowest BCUT2D eigenvalue weighted by Gasteiger charge is -2.18. The van der Waals surface area contributed by atoms with E-state index in [-0.39, 0.29) is 31.1 Å². The summed E-state index contributed by atoms with van der Waals surface area (Å²) in [6.07, 6.45) is 70.6. The molecule has 0 fully saturated rings. The first-order valence-corrected chi connectivity index (χ1v) is 29.3. The number of allylic oxidation sites excluding steroid dienone is 10. The predicted octanol–water partition coefficient (Wildman–Crippen LogP) is 19.6. The highest BCUT2D eigenvalue weighted by atomic mass is 16.6. The molecule has 0 saturated carbocycles. The van der Waals surface area contributed by atoms with Gasteiger partial charge in [0.15, 0.2) is 6.10 Å². The molecule has 0 aromatic rings. The van der Waals surface area contributed by atoms with Crippen LogP contribution in [0.5, 0.6) is 0 Å². The molecule has 0 aromatic heterocycles. The van der Waals surface area contributed by atoms with Crippen LogP contribution in [0, 0.1) is 0 Å². The Morgan fingerprint density at radius 2 is 0.529 bits per heavy atom. The lowest BCUT2D eigenvalue weighted by atomic mass is 10.1. The fourth-order valence-corrected chi connectivity index (χ4v) is 8.30. The van der Waals surface area contributed by atoms with Gasteiger partial charge in [-0.2, -0.15) is 0 Å². The number of esters is 3. The molecule has 6 heteroatoms. The number of rotatable bonds is 53. The van der Waals surface area contributed by atoms with E-state index in [2.05, 4.69) is 81.5 Å². The Morgan fingerprint density at radius 3 is 0.868 bits per heavy atom. The molecule has 0 heterocycles. The molecule has 0 spiro atoms. The van der Waals surface area contributed by atoms with Gasteiger partial charge < -0.3 is 14.2 Å². The number of carbonyl (C=O) groups is 3. The Morgan fingerprint density at radius 1 is 0.294 bits per heavy atom. The molecule has 0 amide bonds. The molecule has 0 rings (SSSR count). The summed E-state index contributed by atoms with van der Waals surface area (Å²) >= 11 is 0. The maximum absolute atomic E-state index is 12.9. The molecular formula is C62H110O6. The number of carbonyl (C=O) groups excluding carboxylic acids is 3. The zero-order valence-corrected chi connectivity index (χ0v) is 45.1. The van der Waals surface area contributed by atoms with Crippen molar-refractivity contribution < 1.29 is 28.6 Å². The first kappa shape index (κ1) is 65.1. The summed E-state index contributed by atoms with van der Waals surface area (Å²) in [6.45, 7) is 6.60. The first-order valence-electron chi connectivity index (χ1n) is 29.3. The van der Waals surface area contributed by atoms with E-state index in [1.165, 1.54) is 167 Å². The number of unbranched alkanes of at least 4 members (excludes halogenated alkanes) is 34. The molecule has 0 N–H and O–H groups in total. The van der Waals surface area contributed by atoms with E-state index < -0.39 is 6.10 Å². The highest BCUT2D eigenvalue weighted by Gasteiger charge is 2.19. The van der Waals surface area contributed by atoms with Gasteiger partial charge in [-0.3, -0.25) is 14.4 Å². The van der Waals surface area contributed by atoms with E-state index in [1.807, 2.05) is 0 Å². The van der Waals surface area contributed by atoms with Crippen molar-refractivity contribution in [2.24, 2.45) is 0 Å². The van der Waals surface area contributed by atoms with Crippen LogP contribution in [0.2, 0.25) is 0 Å². The van der Waals surface area contributed by atoms with Crippen molar-refractivity contribution in [1.82, 2.24) is 0 Å². The molecule has 0 radical (unpaired) electrons. The SMILES string of the molecule is CCCCC/C=C\C=C/CCCCCCCCCCCCC(=O)OCC(COC(=O)CCCCC/C=C\CCCCCCCC)OC(=O)CCCCCCC/C=C\C=C/CCCCCCCCC. The van der Waals surface area contributed by atoms with Gasteiger partial charge >= 0.3 is 17.9 Å². The van der Waals surface area contributed by atoms with Gasteiger partial charge in [0, 0.05) is 19.3 Å². The standard InChI is InChI=1S/C62H110O6/c1-4-7-10-13-16-19-22-25-27-29-31-33-34-37-40-43-46-49-52-55-61(64)67-58-59(57-66-60(63)54-51-48-45-42-39-36-24-21-18-15-12-9-6-3)68-62(65)56-53-50-47-44-41-38-35-32-30-28-26-23-20-17-14-11-8-5-2/h16,19,22,25,28,30,32,35-36,39,59H,4-15,17-18,20-21,23-24,26-27,29,31,33-34,37-38,40-58H2,1-3H3/b19-16-,25-22-,30-28-,35-32-,39-36-. The predicted molar refractivity (Wildman–Crippen MR) is 293 cm³/mol. The summed E-state index contributed by atoms with van der Waals surface area (Å²) in [5.74, 6) is -0.910. The van der Waals surface area contributed by atoms with Gasteiger partial charge in [0.05, 0.1) is 0 Å². The molecule has 0 aromatic carbocycles. The van der Waals surface area contributed by atoms with Crippen LogP contribution in [-0.2, 0) is 28.6 Å². The fourth-order valence-electron chi connectivity index (χ4n) is 8.30. The fraction of sp³-hybridized carbons (Fsp3) is 0.790. The van der Waals surface area contributed by atoms with Crippen molar-refractivity contribution in [3.8, 4) is 0 Å². The second-order valence-corrected chi connectivity index (χ2v) is 19.6. The lowest BCUT2D eigenvalue weighted by Crippen LogP contribution is -2.30. The summed E-state index contributed by atoms with van der Waals surface area (Å²) in [6, 6.07) is 0. The molecule has 1 atom stereocenters. The van der Waals surface area contributed by atoms with Crippen LogP contribution in [-0.4, -0.2) is 37.2 Å². The number of ether oxygens (including phenoxy) is 3. The van der Waals surface area contributed by atoms with Gasteiger partial charge in [0.2, 0.25) is 0 Å². The Balaban J connectivity index is 4.39. The minimum Gasteiger partial charge on any atom is -0.462 e. The van der Waals surface area contributed by atoms with Gasteiger partial charge in [-0.25, -0.2) is 0 Å². The Bertz CT molecular complexity index is 1230. The highest BCUT2D eigenvalue weighted by molar-refractivity contribution is 5.71. The van der Waals surface area contributed by atoms with E-state index in [9.17, 15) is 14.4 Å². The van der Waals surface area contributed by atoms with Gasteiger partial charge in [-0.05, 0) is 96.3 Å². The van der Waals surface area contributed by atoms with Crippen LogP contribution in [0.1, 0.15) is 297 Å². The summed E-state index contributed by atoms with van der Waals surface area (Å²) < 4.78 is 16.9. The molecule has 0 aliphatic rings. The number of hydrogen-bond acceptors (Lipinski definition) is 6. The first-order chi connectivity index (χ1) is 33.5. The van der Waals surface area contributed by atoms with Crippen LogP contribution < -0.4 is 0 Å².